The zero-order valence-corrected chi connectivity index (χ0v) is 17.8. The third-order valence-electron chi connectivity index (χ3n) is 7.06. The molecule has 0 saturated heterocycles. The molecule has 1 saturated carbocycles. The Morgan fingerprint density at radius 3 is 2.70 bits per heavy atom. The minimum Gasteiger partial charge on any atom is -0.476 e. The topological polar surface area (TPSA) is 56.8 Å². The largest absolute Gasteiger partial charge is 0.476 e. The van der Waals surface area contributed by atoms with Gasteiger partial charge in [-0.2, -0.15) is 0 Å². The molecule has 4 radical (unpaired) electrons. The van der Waals surface area contributed by atoms with Crippen LogP contribution in [0, 0.1) is 17.3 Å². The molecule has 2 aliphatic carbocycles. The summed E-state index contributed by atoms with van der Waals surface area (Å²) in [5, 5.41) is -1.49. The van der Waals surface area contributed by atoms with E-state index in [-0.39, 0.29) is 17.5 Å². The van der Waals surface area contributed by atoms with E-state index in [1.54, 1.807) is 0 Å². The highest BCUT2D eigenvalue weighted by Crippen LogP contribution is 2.66. The smallest absolute Gasteiger partial charge is 0.281 e. The molecule has 1 aromatic rings. The molecular formula is C20H25B2BrN2O2. The minimum absolute atomic E-state index is 0.0711. The Balaban J connectivity index is 1.94. The van der Waals surface area contributed by atoms with Gasteiger partial charge in [0.05, 0.1) is 11.5 Å². The second kappa shape index (κ2) is 6.28. The molecule has 1 aromatic carbocycles. The summed E-state index contributed by atoms with van der Waals surface area (Å²) in [5.74, 6) is 0.761. The van der Waals surface area contributed by atoms with E-state index in [1.807, 2.05) is 7.11 Å². The maximum Gasteiger partial charge on any atom is 0.281 e. The van der Waals surface area contributed by atoms with Crippen LogP contribution in [0.25, 0.3) is 0 Å². The fourth-order valence-electron chi connectivity index (χ4n) is 6.28. The van der Waals surface area contributed by atoms with Crippen LogP contribution in [0.15, 0.2) is 27.7 Å². The molecule has 0 bridgehead atoms. The fourth-order valence-corrected chi connectivity index (χ4v) is 6.64. The number of benzene rings is 1. The second-order valence-corrected chi connectivity index (χ2v) is 9.48. The summed E-state index contributed by atoms with van der Waals surface area (Å²) in [6.07, 6.45) is 3.95. The molecule has 5 atom stereocenters. The normalized spacial score (nSPS) is 39.4. The van der Waals surface area contributed by atoms with Crippen LogP contribution in [0.2, 0.25) is 0 Å². The quantitative estimate of drug-likeness (QED) is 0.739. The van der Waals surface area contributed by atoms with E-state index in [0.717, 1.165) is 35.7 Å². The van der Waals surface area contributed by atoms with E-state index in [4.69, 9.17) is 35.9 Å². The van der Waals surface area contributed by atoms with E-state index in [2.05, 4.69) is 48.0 Å². The summed E-state index contributed by atoms with van der Waals surface area (Å²) in [6, 6.07) is 6.36. The number of ether oxygens (including phenoxy) is 2. The predicted molar refractivity (Wildman–Crippen MR) is 112 cm³/mol. The Labute approximate surface area is 172 Å². The highest BCUT2D eigenvalue weighted by Gasteiger charge is 2.69. The SMILES string of the molecule is [B]C1([B])OC(N)=N[C@]12c1cc(Br)ccc1C[C@]21C[C@H](CC)[C@@H](OC)[C@H](C)C1. The van der Waals surface area contributed by atoms with E-state index >= 15 is 0 Å². The number of nitrogens with two attached hydrogens (primary N) is 1. The summed E-state index contributed by atoms with van der Waals surface area (Å²) in [6.45, 7) is 4.47. The van der Waals surface area contributed by atoms with Crippen LogP contribution in [0.4, 0.5) is 0 Å². The highest BCUT2D eigenvalue weighted by atomic mass is 79.9. The van der Waals surface area contributed by atoms with Gasteiger partial charge in [0.2, 0.25) is 0 Å². The van der Waals surface area contributed by atoms with Gasteiger partial charge in [0, 0.05) is 17.0 Å². The van der Waals surface area contributed by atoms with E-state index in [0.29, 0.717) is 11.8 Å². The molecule has 2 N–H and O–H groups in total. The molecule has 1 aliphatic heterocycles. The lowest BCUT2D eigenvalue weighted by Crippen LogP contribution is -2.61. The lowest BCUT2D eigenvalue weighted by atomic mass is 9.43. The number of rotatable bonds is 2. The van der Waals surface area contributed by atoms with Gasteiger partial charge < -0.3 is 15.2 Å². The molecule has 1 fully saturated rings. The lowest BCUT2D eigenvalue weighted by Gasteiger charge is -2.55. The first-order chi connectivity index (χ1) is 12.7. The monoisotopic (exact) mass is 426 g/mol. The first-order valence-corrected chi connectivity index (χ1v) is 10.4. The van der Waals surface area contributed by atoms with Crippen molar-refractivity contribution in [2.24, 2.45) is 28.0 Å². The maximum atomic E-state index is 6.59. The summed E-state index contributed by atoms with van der Waals surface area (Å²) in [7, 11) is 15.0. The van der Waals surface area contributed by atoms with Crippen molar-refractivity contribution < 1.29 is 9.47 Å². The standard InChI is InChI=1S/C20H25B2BrN2O2/c1-4-12-9-18(8-11(2)16(12)26-3)10-13-5-6-14(23)7-15(13)19(18)20(21,22)27-17(24)25-19/h5-7,11-12,16H,4,8-10H2,1-3H3,(H2,24,25)/t11-,12+,16+,18+,19+/m1/s1. The van der Waals surface area contributed by atoms with Crippen LogP contribution in [0.1, 0.15) is 44.2 Å². The number of aliphatic imine (C=N–C) groups is 1. The van der Waals surface area contributed by atoms with Gasteiger partial charge in [0.1, 0.15) is 21.2 Å². The van der Waals surface area contributed by atoms with Crippen molar-refractivity contribution >= 4 is 37.6 Å². The predicted octanol–water partition coefficient (Wildman–Crippen LogP) is 2.99. The molecule has 3 aliphatic rings. The van der Waals surface area contributed by atoms with Gasteiger partial charge in [-0.1, -0.05) is 42.3 Å². The Kier molecular flexibility index (Phi) is 4.51. The van der Waals surface area contributed by atoms with Gasteiger partial charge in [-0.3, -0.25) is 0 Å². The first-order valence-electron chi connectivity index (χ1n) is 9.63. The van der Waals surface area contributed by atoms with Gasteiger partial charge >= 0.3 is 0 Å². The van der Waals surface area contributed by atoms with Gasteiger partial charge in [-0.05, 0) is 54.4 Å². The average molecular weight is 427 g/mol. The number of nitrogens with zero attached hydrogens (tertiary/aromatic N) is 1. The number of hydrogen-bond donors (Lipinski definition) is 1. The van der Waals surface area contributed by atoms with Crippen LogP contribution in [0.3, 0.4) is 0 Å². The fraction of sp³-hybridized carbons (Fsp3) is 0.650. The van der Waals surface area contributed by atoms with Crippen LogP contribution < -0.4 is 5.73 Å². The molecule has 2 spiro atoms. The number of hydrogen-bond acceptors (Lipinski definition) is 4. The summed E-state index contributed by atoms with van der Waals surface area (Å²) < 4.78 is 12.5. The van der Waals surface area contributed by atoms with Crippen LogP contribution in [0.5, 0.6) is 0 Å². The Bertz CT molecular complexity index is 802. The minimum atomic E-state index is -1.49. The van der Waals surface area contributed by atoms with Crippen molar-refractivity contribution in [2.75, 3.05) is 7.11 Å². The van der Waals surface area contributed by atoms with Crippen LogP contribution in [-0.4, -0.2) is 40.3 Å². The van der Waals surface area contributed by atoms with Crippen LogP contribution >= 0.6 is 15.9 Å². The van der Waals surface area contributed by atoms with Crippen molar-refractivity contribution in [2.45, 2.75) is 56.6 Å². The van der Waals surface area contributed by atoms with E-state index < -0.39 is 10.9 Å². The summed E-state index contributed by atoms with van der Waals surface area (Å²) in [4.78, 5) is 4.85. The number of fused-ring (bicyclic) bond motifs is 3. The molecule has 27 heavy (non-hydrogen) atoms. The molecule has 0 amide bonds. The summed E-state index contributed by atoms with van der Waals surface area (Å²) in [5.41, 5.74) is 7.13. The molecule has 4 rings (SSSR count). The zero-order valence-electron chi connectivity index (χ0n) is 16.2. The molecule has 0 aromatic heterocycles. The van der Waals surface area contributed by atoms with Crippen molar-refractivity contribution in [3.05, 3.63) is 33.8 Å². The molecule has 140 valence electrons. The van der Waals surface area contributed by atoms with Crippen molar-refractivity contribution in [3.8, 4) is 0 Å². The van der Waals surface area contributed by atoms with E-state index in [1.165, 1.54) is 5.56 Å². The number of methoxy groups -OCH3 is 1. The molecule has 0 unspecified atom stereocenters. The zero-order chi connectivity index (χ0) is 19.6. The maximum absolute atomic E-state index is 6.59. The van der Waals surface area contributed by atoms with Crippen molar-refractivity contribution in [3.63, 3.8) is 0 Å². The molecule has 4 nitrogen and oxygen atoms in total. The number of halogens is 1. The van der Waals surface area contributed by atoms with E-state index in [9.17, 15) is 0 Å². The third kappa shape index (κ3) is 2.50. The first kappa shape index (κ1) is 19.4. The molecule has 1 heterocycles. The molecule has 7 heteroatoms. The lowest BCUT2D eigenvalue weighted by molar-refractivity contribution is -0.0923. The highest BCUT2D eigenvalue weighted by molar-refractivity contribution is 9.10. The van der Waals surface area contributed by atoms with Gasteiger partial charge in [0.15, 0.2) is 0 Å². The van der Waals surface area contributed by atoms with Crippen molar-refractivity contribution in [1.82, 2.24) is 0 Å². The Morgan fingerprint density at radius 2 is 2.11 bits per heavy atom. The van der Waals surface area contributed by atoms with Crippen LogP contribution in [-0.2, 0) is 21.4 Å². The Morgan fingerprint density at radius 1 is 1.37 bits per heavy atom. The van der Waals surface area contributed by atoms with Gasteiger partial charge in [-0.25, -0.2) is 4.99 Å². The summed E-state index contributed by atoms with van der Waals surface area (Å²) >= 11 is 3.60. The molecular weight excluding hydrogens is 402 g/mol. The number of amidine groups is 1. The van der Waals surface area contributed by atoms with Crippen molar-refractivity contribution in [1.29, 1.82) is 0 Å². The van der Waals surface area contributed by atoms with Gasteiger partial charge in [-0.15, -0.1) is 0 Å². The second-order valence-electron chi connectivity index (χ2n) is 8.57. The van der Waals surface area contributed by atoms with Gasteiger partial charge in [0.25, 0.3) is 6.02 Å². The third-order valence-corrected chi connectivity index (χ3v) is 7.56. The Hall–Kier alpha value is -0.940. The average Bonchev–Trinajstić information content (AvgIpc) is 2.99.